The van der Waals surface area contributed by atoms with Gasteiger partial charge in [0.05, 0.1) is 6.42 Å². The molecule has 110 valence electrons. The summed E-state index contributed by atoms with van der Waals surface area (Å²) in [5.74, 6) is -1.01. The van der Waals surface area contributed by atoms with Gasteiger partial charge < -0.3 is 10.4 Å². The Labute approximate surface area is 120 Å². The lowest BCUT2D eigenvalue weighted by molar-refractivity contribution is -0.142. The Kier molecular flexibility index (Phi) is 5.74. The van der Waals surface area contributed by atoms with Crippen LogP contribution in [-0.4, -0.2) is 23.0 Å². The van der Waals surface area contributed by atoms with Crippen LogP contribution >= 0.6 is 0 Å². The number of benzene rings is 1. The number of aryl methyl sites for hydroxylation is 2. The summed E-state index contributed by atoms with van der Waals surface area (Å²) in [6.07, 6.45) is 0.650. The summed E-state index contributed by atoms with van der Waals surface area (Å²) in [7, 11) is 0. The molecule has 0 aliphatic rings. The molecule has 4 nitrogen and oxygen atoms in total. The van der Waals surface area contributed by atoms with Crippen molar-refractivity contribution in [3.8, 4) is 0 Å². The molecule has 1 amide bonds. The molecule has 0 fully saturated rings. The second-order valence-corrected chi connectivity index (χ2v) is 5.68. The fourth-order valence-corrected chi connectivity index (χ4v) is 2.04. The molecule has 1 rings (SSSR count). The van der Waals surface area contributed by atoms with Crippen molar-refractivity contribution < 1.29 is 14.7 Å². The van der Waals surface area contributed by atoms with Crippen molar-refractivity contribution in [3.63, 3.8) is 0 Å². The van der Waals surface area contributed by atoms with Crippen LogP contribution in [0.3, 0.4) is 0 Å². The van der Waals surface area contributed by atoms with Gasteiger partial charge in [-0.25, -0.2) is 4.79 Å². The van der Waals surface area contributed by atoms with Crippen molar-refractivity contribution >= 4 is 11.9 Å². The number of nitrogens with one attached hydrogen (secondary N) is 1. The zero-order chi connectivity index (χ0) is 15.3. The van der Waals surface area contributed by atoms with Crippen LogP contribution < -0.4 is 5.32 Å². The number of hydrogen-bond donors (Lipinski definition) is 2. The third-order valence-electron chi connectivity index (χ3n) is 3.28. The van der Waals surface area contributed by atoms with Crippen molar-refractivity contribution in [2.45, 2.75) is 46.6 Å². The molecule has 0 spiro atoms. The largest absolute Gasteiger partial charge is 0.480 e. The van der Waals surface area contributed by atoms with E-state index in [1.54, 1.807) is 0 Å². The molecular weight excluding hydrogens is 254 g/mol. The van der Waals surface area contributed by atoms with Gasteiger partial charge in [0.1, 0.15) is 6.04 Å². The Bertz CT molecular complexity index is 494. The van der Waals surface area contributed by atoms with Crippen LogP contribution in [0.2, 0.25) is 0 Å². The molecule has 0 unspecified atom stereocenters. The number of aliphatic carboxylic acids is 1. The number of carboxylic acid groups (broad SMARTS) is 1. The van der Waals surface area contributed by atoms with E-state index in [0.29, 0.717) is 6.42 Å². The van der Waals surface area contributed by atoms with E-state index < -0.39 is 12.0 Å². The Morgan fingerprint density at radius 2 is 1.85 bits per heavy atom. The quantitative estimate of drug-likeness (QED) is 0.839. The minimum atomic E-state index is -0.980. The highest BCUT2D eigenvalue weighted by molar-refractivity contribution is 5.84. The number of carbonyl (C=O) groups is 2. The number of amides is 1. The Balaban J connectivity index is 2.65. The first kappa shape index (κ1) is 16.2. The molecule has 0 saturated heterocycles. The third kappa shape index (κ3) is 5.03. The van der Waals surface area contributed by atoms with Gasteiger partial charge in [0.25, 0.3) is 0 Å². The highest BCUT2D eigenvalue weighted by Gasteiger charge is 2.20. The standard InChI is InChI=1S/C16H23NO3/c1-10(2)7-14(16(19)20)17-15(18)9-13-6-5-11(3)12(4)8-13/h5-6,8,10,14H,7,9H2,1-4H3,(H,17,18)(H,19,20)/t14-/m1/s1. The van der Waals surface area contributed by atoms with Crippen LogP contribution in [0.15, 0.2) is 18.2 Å². The van der Waals surface area contributed by atoms with Gasteiger partial charge in [-0.1, -0.05) is 32.0 Å². The Morgan fingerprint density at radius 3 is 2.35 bits per heavy atom. The van der Waals surface area contributed by atoms with Gasteiger partial charge in [-0.2, -0.15) is 0 Å². The highest BCUT2D eigenvalue weighted by atomic mass is 16.4. The van der Waals surface area contributed by atoms with Crippen LogP contribution in [0.4, 0.5) is 0 Å². The van der Waals surface area contributed by atoms with Crippen molar-refractivity contribution in [1.29, 1.82) is 0 Å². The maximum atomic E-state index is 11.9. The van der Waals surface area contributed by atoms with Gasteiger partial charge >= 0.3 is 5.97 Å². The van der Waals surface area contributed by atoms with Crippen LogP contribution in [0.5, 0.6) is 0 Å². The first-order chi connectivity index (χ1) is 9.29. The predicted molar refractivity (Wildman–Crippen MR) is 78.6 cm³/mol. The van der Waals surface area contributed by atoms with Gasteiger partial charge in [0.15, 0.2) is 0 Å². The van der Waals surface area contributed by atoms with Crippen molar-refractivity contribution in [2.75, 3.05) is 0 Å². The second-order valence-electron chi connectivity index (χ2n) is 5.68. The molecule has 0 aliphatic carbocycles. The SMILES string of the molecule is Cc1ccc(CC(=O)N[C@H](CC(C)C)C(=O)O)cc1C. The lowest BCUT2D eigenvalue weighted by Gasteiger charge is -2.16. The first-order valence-corrected chi connectivity index (χ1v) is 6.88. The fraction of sp³-hybridized carbons (Fsp3) is 0.500. The predicted octanol–water partition coefficient (Wildman–Crippen LogP) is 2.46. The van der Waals surface area contributed by atoms with Gasteiger partial charge in [-0.3, -0.25) is 4.79 Å². The number of rotatable bonds is 6. The lowest BCUT2D eigenvalue weighted by atomic mass is 10.0. The Hall–Kier alpha value is -1.84. The van der Waals surface area contributed by atoms with Crippen LogP contribution in [0, 0.1) is 19.8 Å². The molecular formula is C16H23NO3. The fourth-order valence-electron chi connectivity index (χ4n) is 2.04. The average Bonchev–Trinajstić information content (AvgIpc) is 2.32. The molecule has 20 heavy (non-hydrogen) atoms. The van der Waals surface area contributed by atoms with E-state index in [2.05, 4.69) is 5.32 Å². The van der Waals surface area contributed by atoms with Crippen LogP contribution in [0.25, 0.3) is 0 Å². The lowest BCUT2D eigenvalue weighted by Crippen LogP contribution is -2.42. The van der Waals surface area contributed by atoms with Crippen molar-refractivity contribution in [3.05, 3.63) is 34.9 Å². The van der Waals surface area contributed by atoms with Gasteiger partial charge in [-0.05, 0) is 42.9 Å². The number of carbonyl (C=O) groups excluding carboxylic acids is 1. The first-order valence-electron chi connectivity index (χ1n) is 6.88. The zero-order valence-corrected chi connectivity index (χ0v) is 12.6. The maximum Gasteiger partial charge on any atom is 0.326 e. The minimum Gasteiger partial charge on any atom is -0.480 e. The average molecular weight is 277 g/mol. The minimum absolute atomic E-state index is 0.211. The van der Waals surface area contributed by atoms with Crippen LogP contribution in [0.1, 0.15) is 37.0 Å². The maximum absolute atomic E-state index is 11.9. The summed E-state index contributed by atoms with van der Waals surface area (Å²) < 4.78 is 0. The topological polar surface area (TPSA) is 66.4 Å². The summed E-state index contributed by atoms with van der Waals surface area (Å²) in [6, 6.07) is 5.03. The molecule has 0 radical (unpaired) electrons. The molecule has 0 bridgehead atoms. The molecule has 0 aliphatic heterocycles. The van der Waals surface area contributed by atoms with Gasteiger partial charge in [0, 0.05) is 0 Å². The van der Waals surface area contributed by atoms with Gasteiger partial charge in [0.2, 0.25) is 5.91 Å². The smallest absolute Gasteiger partial charge is 0.326 e. The molecule has 0 saturated carbocycles. The third-order valence-corrected chi connectivity index (χ3v) is 3.28. The summed E-state index contributed by atoms with van der Waals surface area (Å²) in [5, 5.41) is 11.7. The van der Waals surface area contributed by atoms with E-state index in [4.69, 9.17) is 5.11 Å². The monoisotopic (exact) mass is 277 g/mol. The highest BCUT2D eigenvalue weighted by Crippen LogP contribution is 2.11. The zero-order valence-electron chi connectivity index (χ0n) is 12.6. The summed E-state index contributed by atoms with van der Waals surface area (Å²) in [6.45, 7) is 7.88. The molecule has 0 heterocycles. The van der Waals surface area contributed by atoms with E-state index >= 15 is 0 Å². The van der Waals surface area contributed by atoms with E-state index in [1.165, 1.54) is 5.56 Å². The second kappa shape index (κ2) is 7.08. The van der Waals surface area contributed by atoms with Crippen LogP contribution in [-0.2, 0) is 16.0 Å². The van der Waals surface area contributed by atoms with E-state index in [1.807, 2.05) is 45.9 Å². The molecule has 2 N–H and O–H groups in total. The summed E-state index contributed by atoms with van der Waals surface area (Å²) in [4.78, 5) is 23.0. The molecule has 1 aromatic rings. The molecule has 1 atom stereocenters. The molecule has 1 aromatic carbocycles. The van der Waals surface area contributed by atoms with Crippen molar-refractivity contribution in [1.82, 2.24) is 5.32 Å². The summed E-state index contributed by atoms with van der Waals surface area (Å²) in [5.41, 5.74) is 3.21. The molecule has 0 aromatic heterocycles. The normalized spacial score (nSPS) is 12.2. The molecule has 4 heteroatoms. The summed E-state index contributed by atoms with van der Waals surface area (Å²) >= 11 is 0. The van der Waals surface area contributed by atoms with E-state index in [0.717, 1.165) is 11.1 Å². The Morgan fingerprint density at radius 1 is 1.20 bits per heavy atom. The van der Waals surface area contributed by atoms with Gasteiger partial charge in [-0.15, -0.1) is 0 Å². The number of hydrogen-bond acceptors (Lipinski definition) is 2. The number of carboxylic acids is 1. The van der Waals surface area contributed by atoms with E-state index in [-0.39, 0.29) is 18.2 Å². The van der Waals surface area contributed by atoms with E-state index in [9.17, 15) is 9.59 Å². The van der Waals surface area contributed by atoms with Crippen molar-refractivity contribution in [2.24, 2.45) is 5.92 Å².